The Bertz CT molecular complexity index is 227. The van der Waals surface area contributed by atoms with Gasteiger partial charge in [0.1, 0.15) is 6.29 Å². The molecular formula is C11H22N2O2. The molecule has 0 aromatic rings. The first kappa shape index (κ1) is 14.1. The molecule has 0 saturated heterocycles. The lowest BCUT2D eigenvalue weighted by Gasteiger charge is -2.30. The van der Waals surface area contributed by atoms with Crippen molar-refractivity contribution in [2.24, 2.45) is 5.41 Å². The van der Waals surface area contributed by atoms with Crippen molar-refractivity contribution in [1.82, 2.24) is 10.6 Å². The van der Waals surface area contributed by atoms with Gasteiger partial charge in [-0.15, -0.1) is 0 Å². The van der Waals surface area contributed by atoms with E-state index >= 15 is 0 Å². The lowest BCUT2D eigenvalue weighted by atomic mass is 9.82. The summed E-state index contributed by atoms with van der Waals surface area (Å²) in [5.41, 5.74) is -0.204. The van der Waals surface area contributed by atoms with Crippen LogP contribution >= 0.6 is 0 Å². The van der Waals surface area contributed by atoms with Crippen molar-refractivity contribution in [2.75, 3.05) is 7.05 Å². The second-order valence-corrected chi connectivity index (χ2v) is 4.47. The quantitative estimate of drug-likeness (QED) is 0.640. The predicted molar refractivity (Wildman–Crippen MR) is 60.6 cm³/mol. The van der Waals surface area contributed by atoms with Crippen molar-refractivity contribution in [2.45, 2.75) is 46.2 Å². The number of nitrogens with one attached hydrogen (secondary N) is 2. The van der Waals surface area contributed by atoms with Crippen LogP contribution < -0.4 is 10.6 Å². The molecule has 1 amide bonds. The Morgan fingerprint density at radius 3 is 2.33 bits per heavy atom. The maximum absolute atomic E-state index is 11.6. The van der Waals surface area contributed by atoms with Crippen LogP contribution in [0.1, 0.15) is 34.1 Å². The van der Waals surface area contributed by atoms with Crippen LogP contribution in [0.2, 0.25) is 0 Å². The Hall–Kier alpha value is -0.900. The first-order chi connectivity index (χ1) is 6.88. The molecule has 88 valence electrons. The zero-order valence-electron chi connectivity index (χ0n) is 10.3. The number of likely N-dealkylation sites (N-methyl/N-ethyl adjacent to an activating group) is 1. The fourth-order valence-electron chi connectivity index (χ4n) is 1.04. The van der Waals surface area contributed by atoms with Gasteiger partial charge in [0.25, 0.3) is 0 Å². The fourth-order valence-corrected chi connectivity index (χ4v) is 1.04. The monoisotopic (exact) mass is 214 g/mol. The maximum Gasteiger partial charge on any atom is 0.237 e. The Labute approximate surface area is 91.8 Å². The summed E-state index contributed by atoms with van der Waals surface area (Å²) in [7, 11) is 1.71. The number of aldehydes is 1. The summed E-state index contributed by atoms with van der Waals surface area (Å²) in [5, 5.41) is 5.57. The van der Waals surface area contributed by atoms with E-state index in [0.29, 0.717) is 0 Å². The molecule has 0 heterocycles. The maximum atomic E-state index is 11.6. The van der Waals surface area contributed by atoms with Crippen LogP contribution in [0, 0.1) is 5.41 Å². The van der Waals surface area contributed by atoms with Crippen molar-refractivity contribution >= 4 is 12.2 Å². The molecule has 0 fully saturated rings. The van der Waals surface area contributed by atoms with Crippen LogP contribution in [0.5, 0.6) is 0 Å². The number of amides is 1. The highest BCUT2D eigenvalue weighted by Crippen LogP contribution is 2.23. The minimum atomic E-state index is -0.425. The summed E-state index contributed by atoms with van der Waals surface area (Å²) < 4.78 is 0. The lowest BCUT2D eigenvalue weighted by Crippen LogP contribution is -2.51. The molecule has 0 aromatic carbocycles. The van der Waals surface area contributed by atoms with Gasteiger partial charge in [-0.05, 0) is 25.8 Å². The Balaban J connectivity index is 4.47. The third-order valence-corrected chi connectivity index (χ3v) is 3.01. The molecule has 0 saturated carbocycles. The van der Waals surface area contributed by atoms with E-state index in [1.807, 2.05) is 20.8 Å². The van der Waals surface area contributed by atoms with Gasteiger partial charge in [0.05, 0.1) is 12.1 Å². The minimum Gasteiger partial charge on any atom is -0.345 e. The highest BCUT2D eigenvalue weighted by Gasteiger charge is 2.29. The third kappa shape index (κ3) is 4.00. The number of carbonyl (C=O) groups excluding carboxylic acids is 2. The van der Waals surface area contributed by atoms with Gasteiger partial charge in [0.15, 0.2) is 0 Å². The summed E-state index contributed by atoms with van der Waals surface area (Å²) in [4.78, 5) is 22.5. The normalized spacial score (nSPS) is 15.5. The van der Waals surface area contributed by atoms with E-state index in [1.54, 1.807) is 14.0 Å². The molecule has 0 spiro atoms. The van der Waals surface area contributed by atoms with E-state index in [9.17, 15) is 9.59 Å². The molecule has 15 heavy (non-hydrogen) atoms. The van der Waals surface area contributed by atoms with Crippen LogP contribution in [0.25, 0.3) is 0 Å². The number of rotatable bonds is 6. The molecule has 0 bridgehead atoms. The van der Waals surface area contributed by atoms with Gasteiger partial charge in [-0.1, -0.05) is 20.8 Å². The molecule has 0 aromatic heterocycles. The van der Waals surface area contributed by atoms with Gasteiger partial charge in [0.2, 0.25) is 5.91 Å². The lowest BCUT2D eigenvalue weighted by molar-refractivity contribution is -0.127. The highest BCUT2D eigenvalue weighted by atomic mass is 16.2. The number of hydrogen-bond donors (Lipinski definition) is 2. The van der Waals surface area contributed by atoms with Crippen molar-refractivity contribution in [3.05, 3.63) is 0 Å². The van der Waals surface area contributed by atoms with E-state index in [0.717, 1.165) is 12.7 Å². The first-order valence-electron chi connectivity index (χ1n) is 5.32. The van der Waals surface area contributed by atoms with Gasteiger partial charge >= 0.3 is 0 Å². The van der Waals surface area contributed by atoms with Gasteiger partial charge in [-0.2, -0.15) is 0 Å². The fraction of sp³-hybridized carbons (Fsp3) is 0.818. The smallest absolute Gasteiger partial charge is 0.237 e. The minimum absolute atomic E-state index is 0.142. The zero-order chi connectivity index (χ0) is 12.1. The highest BCUT2D eigenvalue weighted by molar-refractivity contribution is 5.84. The van der Waals surface area contributed by atoms with Crippen LogP contribution in [0.3, 0.4) is 0 Å². The Kier molecular flexibility index (Phi) is 5.50. The van der Waals surface area contributed by atoms with Crippen molar-refractivity contribution in [1.29, 1.82) is 0 Å². The van der Waals surface area contributed by atoms with Crippen molar-refractivity contribution in [3.63, 3.8) is 0 Å². The molecule has 0 aliphatic rings. The predicted octanol–water partition coefficient (Wildman–Crippen LogP) is 0.714. The van der Waals surface area contributed by atoms with Crippen molar-refractivity contribution in [3.8, 4) is 0 Å². The summed E-state index contributed by atoms with van der Waals surface area (Å²) in [6, 6.07) is -0.703. The third-order valence-electron chi connectivity index (χ3n) is 3.01. The molecule has 0 aliphatic carbocycles. The first-order valence-corrected chi connectivity index (χ1v) is 5.32. The van der Waals surface area contributed by atoms with Gasteiger partial charge in [-0.3, -0.25) is 4.79 Å². The summed E-state index contributed by atoms with van der Waals surface area (Å²) >= 11 is 0. The number of hydrogen-bond acceptors (Lipinski definition) is 3. The van der Waals surface area contributed by atoms with Crippen LogP contribution in [0.4, 0.5) is 0 Å². The van der Waals surface area contributed by atoms with Crippen LogP contribution in [-0.4, -0.2) is 31.3 Å². The second kappa shape index (κ2) is 5.85. The Morgan fingerprint density at radius 1 is 1.47 bits per heavy atom. The molecule has 4 nitrogen and oxygen atoms in total. The van der Waals surface area contributed by atoms with E-state index in [4.69, 9.17) is 0 Å². The van der Waals surface area contributed by atoms with E-state index in [1.165, 1.54) is 0 Å². The molecule has 0 rings (SSSR count). The van der Waals surface area contributed by atoms with Gasteiger partial charge in [-0.25, -0.2) is 0 Å². The molecule has 2 unspecified atom stereocenters. The molecular weight excluding hydrogens is 192 g/mol. The largest absolute Gasteiger partial charge is 0.345 e. The summed E-state index contributed by atoms with van der Waals surface area (Å²) in [5.74, 6) is -0.142. The standard InChI is InChI=1S/C11H22N2O2/c1-6-11(3,4)9(7-14)13-10(15)8(2)12-5/h7-9,12H,6H2,1-5H3,(H,13,15). The van der Waals surface area contributed by atoms with Gasteiger partial charge in [0, 0.05) is 0 Å². The van der Waals surface area contributed by atoms with Crippen molar-refractivity contribution < 1.29 is 9.59 Å². The van der Waals surface area contributed by atoms with E-state index < -0.39 is 6.04 Å². The molecule has 0 aliphatic heterocycles. The second-order valence-electron chi connectivity index (χ2n) is 4.47. The molecule has 2 N–H and O–H groups in total. The van der Waals surface area contributed by atoms with Gasteiger partial charge < -0.3 is 15.4 Å². The average Bonchev–Trinajstić information content (AvgIpc) is 2.23. The zero-order valence-corrected chi connectivity index (χ0v) is 10.3. The van der Waals surface area contributed by atoms with E-state index in [2.05, 4.69) is 10.6 Å². The topological polar surface area (TPSA) is 58.2 Å². The molecule has 4 heteroatoms. The number of carbonyl (C=O) groups is 2. The summed E-state index contributed by atoms with van der Waals surface area (Å²) in [6.45, 7) is 7.70. The van der Waals surface area contributed by atoms with Crippen LogP contribution in [0.15, 0.2) is 0 Å². The van der Waals surface area contributed by atoms with Crippen LogP contribution in [-0.2, 0) is 9.59 Å². The summed E-state index contributed by atoms with van der Waals surface area (Å²) in [6.07, 6.45) is 1.65. The van der Waals surface area contributed by atoms with E-state index in [-0.39, 0.29) is 17.4 Å². The molecule has 2 atom stereocenters. The Morgan fingerprint density at radius 2 is 2.00 bits per heavy atom. The molecule has 0 radical (unpaired) electrons. The SMILES string of the molecule is CCC(C)(C)C(C=O)NC(=O)C(C)NC. The average molecular weight is 214 g/mol.